The van der Waals surface area contributed by atoms with Crippen LogP contribution < -0.4 is 10.6 Å². The van der Waals surface area contributed by atoms with Crippen LogP contribution in [0.15, 0.2) is 24.3 Å². The first kappa shape index (κ1) is 19.6. The maximum absolute atomic E-state index is 13.0. The lowest BCUT2D eigenvalue weighted by Gasteiger charge is -2.32. The molecule has 2 aliphatic heterocycles. The summed E-state index contributed by atoms with van der Waals surface area (Å²) in [4.78, 5) is 28.1. The van der Waals surface area contributed by atoms with Crippen molar-refractivity contribution in [2.24, 2.45) is 0 Å². The Balaban J connectivity index is 1.33. The Bertz CT molecular complexity index is 626. The summed E-state index contributed by atoms with van der Waals surface area (Å²) >= 11 is 0. The first-order valence-corrected chi connectivity index (χ1v) is 9.47. The zero-order chi connectivity index (χ0) is 19.1. The Labute approximate surface area is 158 Å². The maximum Gasteiger partial charge on any atom is 0.315 e. The molecule has 7 nitrogen and oxygen atoms in total. The van der Waals surface area contributed by atoms with E-state index in [1.807, 2.05) is 0 Å². The van der Waals surface area contributed by atoms with Crippen molar-refractivity contribution >= 4 is 11.9 Å². The van der Waals surface area contributed by atoms with Gasteiger partial charge in [-0.05, 0) is 30.5 Å². The van der Waals surface area contributed by atoms with E-state index in [1.165, 1.54) is 12.1 Å². The van der Waals surface area contributed by atoms with Crippen molar-refractivity contribution in [3.05, 3.63) is 35.6 Å². The lowest BCUT2D eigenvalue weighted by atomic mass is 10.0. The van der Waals surface area contributed by atoms with Crippen molar-refractivity contribution in [3.63, 3.8) is 0 Å². The SMILES string of the molecule is O=C(NCC(=O)N1CCOCC1)NC1CCN(Cc2ccc(F)cc2)CC1. The lowest BCUT2D eigenvalue weighted by molar-refractivity contribution is -0.134. The Morgan fingerprint density at radius 3 is 2.41 bits per heavy atom. The summed E-state index contributed by atoms with van der Waals surface area (Å²) in [6, 6.07) is 6.37. The molecule has 0 aliphatic carbocycles. The Morgan fingerprint density at radius 1 is 1.07 bits per heavy atom. The number of nitrogens with zero attached hydrogens (tertiary/aromatic N) is 2. The molecule has 2 fully saturated rings. The summed E-state index contributed by atoms with van der Waals surface area (Å²) in [5.74, 6) is -0.303. The van der Waals surface area contributed by atoms with Crippen LogP contribution in [0.3, 0.4) is 0 Å². The van der Waals surface area contributed by atoms with Crippen LogP contribution >= 0.6 is 0 Å². The molecule has 0 unspecified atom stereocenters. The fourth-order valence-corrected chi connectivity index (χ4v) is 3.40. The molecule has 3 rings (SSSR count). The summed E-state index contributed by atoms with van der Waals surface area (Å²) in [6.45, 7) is 4.79. The van der Waals surface area contributed by atoms with Crippen LogP contribution in [0.5, 0.6) is 0 Å². The van der Waals surface area contributed by atoms with Crippen LogP contribution in [0.1, 0.15) is 18.4 Å². The van der Waals surface area contributed by atoms with Crippen molar-refractivity contribution < 1.29 is 18.7 Å². The molecule has 2 aliphatic rings. The number of likely N-dealkylation sites (tertiary alicyclic amines) is 1. The van der Waals surface area contributed by atoms with Gasteiger partial charge in [-0.25, -0.2) is 9.18 Å². The monoisotopic (exact) mass is 378 g/mol. The summed E-state index contributed by atoms with van der Waals surface area (Å²) in [5.41, 5.74) is 1.09. The van der Waals surface area contributed by atoms with E-state index in [0.717, 1.165) is 38.0 Å². The Kier molecular flexibility index (Phi) is 7.00. The van der Waals surface area contributed by atoms with E-state index in [9.17, 15) is 14.0 Å². The van der Waals surface area contributed by atoms with Gasteiger partial charge in [-0.15, -0.1) is 0 Å². The van der Waals surface area contributed by atoms with Crippen molar-refractivity contribution in [2.45, 2.75) is 25.4 Å². The third-order valence-electron chi connectivity index (χ3n) is 5.01. The molecular formula is C19H27FN4O3. The summed E-state index contributed by atoms with van der Waals surface area (Å²) < 4.78 is 18.2. The first-order chi connectivity index (χ1) is 13.1. The summed E-state index contributed by atoms with van der Waals surface area (Å²) in [6.07, 6.45) is 1.71. The van der Waals surface area contributed by atoms with Gasteiger partial charge >= 0.3 is 6.03 Å². The molecule has 0 atom stereocenters. The van der Waals surface area contributed by atoms with E-state index in [-0.39, 0.29) is 30.3 Å². The zero-order valence-corrected chi connectivity index (χ0v) is 15.5. The second kappa shape index (κ2) is 9.66. The number of halogens is 1. The van der Waals surface area contributed by atoms with E-state index in [0.29, 0.717) is 26.3 Å². The average Bonchev–Trinajstić information content (AvgIpc) is 2.70. The highest BCUT2D eigenvalue weighted by Crippen LogP contribution is 2.14. The molecule has 2 N–H and O–H groups in total. The predicted octanol–water partition coefficient (Wildman–Crippen LogP) is 0.948. The van der Waals surface area contributed by atoms with Crippen LogP contribution in [0.25, 0.3) is 0 Å². The summed E-state index contributed by atoms with van der Waals surface area (Å²) in [5, 5.41) is 5.60. The molecule has 2 saturated heterocycles. The molecule has 0 bridgehead atoms. The number of piperidine rings is 1. The maximum atomic E-state index is 13.0. The molecule has 3 amide bonds. The topological polar surface area (TPSA) is 73.9 Å². The van der Waals surface area contributed by atoms with E-state index in [1.54, 1.807) is 17.0 Å². The third-order valence-corrected chi connectivity index (χ3v) is 5.01. The van der Waals surface area contributed by atoms with Crippen molar-refractivity contribution in [2.75, 3.05) is 45.9 Å². The molecule has 8 heteroatoms. The Morgan fingerprint density at radius 2 is 1.74 bits per heavy atom. The highest BCUT2D eigenvalue weighted by Gasteiger charge is 2.22. The number of urea groups is 1. The second-order valence-corrected chi connectivity index (χ2v) is 7.00. The molecule has 0 aromatic heterocycles. The predicted molar refractivity (Wildman–Crippen MR) is 98.6 cm³/mol. The number of hydrogen-bond donors (Lipinski definition) is 2. The molecule has 27 heavy (non-hydrogen) atoms. The molecule has 148 valence electrons. The van der Waals surface area contributed by atoms with Gasteiger partial charge in [0.05, 0.1) is 19.8 Å². The van der Waals surface area contributed by atoms with E-state index < -0.39 is 0 Å². The van der Waals surface area contributed by atoms with Gasteiger partial charge in [0.1, 0.15) is 5.82 Å². The van der Waals surface area contributed by atoms with Crippen molar-refractivity contribution in [3.8, 4) is 0 Å². The van der Waals surface area contributed by atoms with Gasteiger partial charge in [-0.2, -0.15) is 0 Å². The fraction of sp³-hybridized carbons (Fsp3) is 0.579. The smallest absolute Gasteiger partial charge is 0.315 e. The van der Waals surface area contributed by atoms with Crippen molar-refractivity contribution in [1.82, 2.24) is 20.4 Å². The molecule has 0 saturated carbocycles. The van der Waals surface area contributed by atoms with E-state index in [2.05, 4.69) is 15.5 Å². The highest BCUT2D eigenvalue weighted by atomic mass is 19.1. The van der Waals surface area contributed by atoms with Gasteiger partial charge < -0.3 is 20.3 Å². The van der Waals surface area contributed by atoms with Crippen LogP contribution in [0.2, 0.25) is 0 Å². The van der Waals surface area contributed by atoms with E-state index in [4.69, 9.17) is 4.74 Å². The minimum absolute atomic E-state index is 0.00917. The minimum atomic E-state index is -0.298. The third kappa shape index (κ3) is 6.18. The van der Waals surface area contributed by atoms with E-state index >= 15 is 0 Å². The number of hydrogen-bond acceptors (Lipinski definition) is 4. The van der Waals surface area contributed by atoms with Crippen LogP contribution in [-0.2, 0) is 16.1 Å². The summed E-state index contributed by atoms with van der Waals surface area (Å²) in [7, 11) is 0. The van der Waals surface area contributed by atoms with Crippen molar-refractivity contribution in [1.29, 1.82) is 0 Å². The molecule has 0 radical (unpaired) electrons. The van der Waals surface area contributed by atoms with Crippen LogP contribution in [-0.4, -0.2) is 73.7 Å². The minimum Gasteiger partial charge on any atom is -0.378 e. The average molecular weight is 378 g/mol. The van der Waals surface area contributed by atoms with Crippen LogP contribution in [0.4, 0.5) is 9.18 Å². The van der Waals surface area contributed by atoms with Gasteiger partial charge in [0.15, 0.2) is 0 Å². The lowest BCUT2D eigenvalue weighted by Crippen LogP contribution is -2.50. The largest absolute Gasteiger partial charge is 0.378 e. The van der Waals surface area contributed by atoms with Gasteiger partial charge in [0.25, 0.3) is 0 Å². The van der Waals surface area contributed by atoms with Crippen LogP contribution in [0, 0.1) is 5.82 Å². The number of rotatable bonds is 5. The number of amides is 3. The number of ether oxygens (including phenoxy) is 1. The number of carbonyl (C=O) groups is 2. The zero-order valence-electron chi connectivity index (χ0n) is 15.5. The fourth-order valence-electron chi connectivity index (χ4n) is 3.40. The normalized spacial score (nSPS) is 18.9. The molecule has 1 aromatic rings. The molecule has 2 heterocycles. The van der Waals surface area contributed by atoms with Gasteiger partial charge in [0, 0.05) is 38.8 Å². The number of morpholine rings is 1. The highest BCUT2D eigenvalue weighted by molar-refractivity contribution is 5.84. The second-order valence-electron chi connectivity index (χ2n) is 7.00. The standard InChI is InChI=1S/C19H27FN4O3/c20-16-3-1-15(2-4-16)14-23-7-5-17(6-8-23)22-19(26)21-13-18(25)24-9-11-27-12-10-24/h1-4,17H,5-14H2,(H2,21,22,26). The molecule has 0 spiro atoms. The molecule has 1 aromatic carbocycles. The van der Waals surface area contributed by atoms with Gasteiger partial charge in [0.2, 0.25) is 5.91 Å². The Hall–Kier alpha value is -2.19. The number of benzene rings is 1. The first-order valence-electron chi connectivity index (χ1n) is 9.47. The number of carbonyl (C=O) groups excluding carboxylic acids is 2. The van der Waals surface area contributed by atoms with Gasteiger partial charge in [-0.1, -0.05) is 12.1 Å². The quantitative estimate of drug-likeness (QED) is 0.800. The van der Waals surface area contributed by atoms with Gasteiger partial charge in [-0.3, -0.25) is 9.69 Å². The number of nitrogens with one attached hydrogen (secondary N) is 2. The molecular weight excluding hydrogens is 351 g/mol.